The molecule has 2 saturated heterocycles. The third-order valence-electron chi connectivity index (χ3n) is 4.94. The quantitative estimate of drug-likeness (QED) is 0.857. The smallest absolute Gasteiger partial charge is 0.274 e. The van der Waals surface area contributed by atoms with E-state index in [1.54, 1.807) is 11.0 Å². The van der Waals surface area contributed by atoms with E-state index < -0.39 is 0 Å². The minimum atomic E-state index is -0.351. The number of aromatic nitrogens is 2. The molecule has 3 heterocycles. The molecule has 0 saturated carbocycles. The highest BCUT2D eigenvalue weighted by Crippen LogP contribution is 2.41. The van der Waals surface area contributed by atoms with Gasteiger partial charge in [-0.25, -0.2) is 0 Å². The summed E-state index contributed by atoms with van der Waals surface area (Å²) in [4.78, 5) is 28.3. The number of rotatable bonds is 3. The zero-order valence-corrected chi connectivity index (χ0v) is 14.8. The standard InChI is InChI=1S/C17H26N4O3/c1-11(6-22)12-5-13(19-18-12)14(23)20-7-17(8-20)9-21(10-17)15(24)16(2,3)4/h5,11,22H,6-10H2,1-4H3,(H,18,19). The SMILES string of the molecule is CC(CO)c1cc(C(=O)N2CC3(C2)CN(C(=O)C(C)(C)C)C3)n[nH]1. The minimum Gasteiger partial charge on any atom is -0.396 e. The van der Waals surface area contributed by atoms with Crippen molar-refractivity contribution in [1.29, 1.82) is 0 Å². The number of nitrogens with zero attached hydrogens (tertiary/aromatic N) is 3. The van der Waals surface area contributed by atoms with Crippen molar-refractivity contribution in [2.24, 2.45) is 10.8 Å². The molecule has 7 heteroatoms. The number of likely N-dealkylation sites (tertiary alicyclic amines) is 2. The van der Waals surface area contributed by atoms with Crippen LogP contribution in [0.3, 0.4) is 0 Å². The second-order valence-corrected chi connectivity index (χ2v) is 8.36. The number of amides is 2. The predicted octanol–water partition coefficient (Wildman–Crippen LogP) is 0.836. The van der Waals surface area contributed by atoms with Crippen LogP contribution >= 0.6 is 0 Å². The molecule has 1 aromatic rings. The second-order valence-electron chi connectivity index (χ2n) is 8.36. The monoisotopic (exact) mass is 334 g/mol. The summed E-state index contributed by atoms with van der Waals surface area (Å²) in [5.74, 6) is 0.0204. The highest BCUT2D eigenvalue weighted by molar-refractivity contribution is 5.93. The van der Waals surface area contributed by atoms with Crippen LogP contribution in [-0.2, 0) is 4.79 Å². The molecule has 24 heavy (non-hydrogen) atoms. The maximum atomic E-state index is 12.5. The molecule has 1 aromatic heterocycles. The summed E-state index contributed by atoms with van der Waals surface area (Å²) >= 11 is 0. The van der Waals surface area contributed by atoms with Crippen LogP contribution in [0.5, 0.6) is 0 Å². The summed E-state index contributed by atoms with van der Waals surface area (Å²) in [6, 6.07) is 1.71. The van der Waals surface area contributed by atoms with Crippen molar-refractivity contribution in [2.75, 3.05) is 32.8 Å². The number of aliphatic hydroxyl groups excluding tert-OH is 1. The molecule has 132 valence electrons. The molecule has 7 nitrogen and oxygen atoms in total. The third-order valence-corrected chi connectivity index (χ3v) is 4.94. The largest absolute Gasteiger partial charge is 0.396 e. The molecule has 2 amide bonds. The lowest BCUT2D eigenvalue weighted by Gasteiger charge is -2.60. The molecular formula is C17H26N4O3. The summed E-state index contributed by atoms with van der Waals surface area (Å²) < 4.78 is 0. The van der Waals surface area contributed by atoms with Crippen LogP contribution in [0.1, 0.15) is 49.8 Å². The first kappa shape index (κ1) is 17.0. The van der Waals surface area contributed by atoms with Crippen LogP contribution in [0.4, 0.5) is 0 Å². The molecule has 1 unspecified atom stereocenters. The van der Waals surface area contributed by atoms with E-state index in [-0.39, 0.29) is 35.2 Å². The van der Waals surface area contributed by atoms with E-state index >= 15 is 0 Å². The van der Waals surface area contributed by atoms with Crippen LogP contribution < -0.4 is 0 Å². The number of aliphatic hydroxyl groups is 1. The molecule has 0 bridgehead atoms. The summed E-state index contributed by atoms with van der Waals surface area (Å²) in [6.45, 7) is 10.5. The Kier molecular flexibility index (Phi) is 3.94. The highest BCUT2D eigenvalue weighted by Gasteiger charge is 2.55. The van der Waals surface area contributed by atoms with Crippen molar-refractivity contribution in [1.82, 2.24) is 20.0 Å². The molecule has 2 fully saturated rings. The predicted molar refractivity (Wildman–Crippen MR) is 88.5 cm³/mol. The van der Waals surface area contributed by atoms with Crippen molar-refractivity contribution in [3.8, 4) is 0 Å². The normalized spacial score (nSPS) is 20.5. The van der Waals surface area contributed by atoms with Gasteiger partial charge in [0.1, 0.15) is 5.69 Å². The zero-order valence-electron chi connectivity index (χ0n) is 14.8. The lowest BCUT2D eigenvalue weighted by molar-refractivity contribution is -0.162. The second kappa shape index (κ2) is 5.58. The van der Waals surface area contributed by atoms with Crippen molar-refractivity contribution in [3.05, 3.63) is 17.5 Å². The molecule has 3 rings (SSSR count). The first-order valence-electron chi connectivity index (χ1n) is 8.40. The van der Waals surface area contributed by atoms with E-state index in [4.69, 9.17) is 5.11 Å². The van der Waals surface area contributed by atoms with Gasteiger partial charge in [-0.2, -0.15) is 5.10 Å². The Morgan fingerprint density at radius 1 is 1.29 bits per heavy atom. The van der Waals surface area contributed by atoms with Gasteiger partial charge in [-0.3, -0.25) is 14.7 Å². The molecule has 1 spiro atoms. The topological polar surface area (TPSA) is 89.5 Å². The van der Waals surface area contributed by atoms with Crippen LogP contribution in [0, 0.1) is 10.8 Å². The number of hydrogen-bond donors (Lipinski definition) is 2. The Bertz CT molecular complexity index is 647. The Morgan fingerprint density at radius 2 is 1.88 bits per heavy atom. The highest BCUT2D eigenvalue weighted by atomic mass is 16.3. The van der Waals surface area contributed by atoms with E-state index in [9.17, 15) is 9.59 Å². The Hall–Kier alpha value is -1.89. The van der Waals surface area contributed by atoms with Gasteiger partial charge in [0.2, 0.25) is 5.91 Å². The fourth-order valence-corrected chi connectivity index (χ4v) is 3.45. The van der Waals surface area contributed by atoms with Crippen molar-refractivity contribution >= 4 is 11.8 Å². The third kappa shape index (κ3) is 2.81. The fourth-order valence-electron chi connectivity index (χ4n) is 3.45. The fraction of sp³-hybridized carbons (Fsp3) is 0.706. The van der Waals surface area contributed by atoms with Gasteiger partial charge in [0, 0.05) is 48.6 Å². The van der Waals surface area contributed by atoms with Gasteiger partial charge in [-0.05, 0) is 6.07 Å². The average Bonchev–Trinajstić information content (AvgIpc) is 2.91. The summed E-state index contributed by atoms with van der Waals surface area (Å²) in [6.07, 6.45) is 0. The molecule has 0 aliphatic carbocycles. The summed E-state index contributed by atoms with van der Waals surface area (Å²) in [5, 5.41) is 16.0. The summed E-state index contributed by atoms with van der Waals surface area (Å²) in [7, 11) is 0. The van der Waals surface area contributed by atoms with Gasteiger partial charge < -0.3 is 14.9 Å². The van der Waals surface area contributed by atoms with Gasteiger partial charge in [-0.1, -0.05) is 27.7 Å². The van der Waals surface area contributed by atoms with Gasteiger partial charge in [0.25, 0.3) is 5.91 Å². The Morgan fingerprint density at radius 3 is 2.42 bits per heavy atom. The van der Waals surface area contributed by atoms with E-state index in [0.717, 1.165) is 18.8 Å². The molecular weight excluding hydrogens is 308 g/mol. The Balaban J connectivity index is 1.53. The Labute approximate surface area is 142 Å². The van der Waals surface area contributed by atoms with Crippen molar-refractivity contribution in [2.45, 2.75) is 33.6 Å². The van der Waals surface area contributed by atoms with Crippen LogP contribution in [0.15, 0.2) is 6.07 Å². The molecule has 0 radical (unpaired) electrons. The van der Waals surface area contributed by atoms with Crippen molar-refractivity contribution in [3.63, 3.8) is 0 Å². The average molecular weight is 334 g/mol. The molecule has 2 aliphatic heterocycles. The molecule has 1 atom stereocenters. The van der Waals surface area contributed by atoms with E-state index in [2.05, 4.69) is 10.2 Å². The lowest BCUT2D eigenvalue weighted by Crippen LogP contribution is -2.74. The lowest BCUT2D eigenvalue weighted by atomic mass is 9.71. The van der Waals surface area contributed by atoms with E-state index in [0.29, 0.717) is 18.8 Å². The molecule has 0 aromatic carbocycles. The van der Waals surface area contributed by atoms with Gasteiger partial charge >= 0.3 is 0 Å². The van der Waals surface area contributed by atoms with Gasteiger partial charge in [0.05, 0.1) is 6.61 Å². The summed E-state index contributed by atoms with van der Waals surface area (Å²) in [5.41, 5.74) is 0.882. The number of aromatic amines is 1. The van der Waals surface area contributed by atoms with Crippen LogP contribution in [0.25, 0.3) is 0 Å². The van der Waals surface area contributed by atoms with Gasteiger partial charge in [0.15, 0.2) is 0 Å². The number of carbonyl (C=O) groups excluding carboxylic acids is 2. The maximum absolute atomic E-state index is 12.5. The van der Waals surface area contributed by atoms with E-state index in [1.165, 1.54) is 0 Å². The number of hydrogen-bond acceptors (Lipinski definition) is 4. The maximum Gasteiger partial charge on any atom is 0.274 e. The van der Waals surface area contributed by atoms with Crippen molar-refractivity contribution < 1.29 is 14.7 Å². The van der Waals surface area contributed by atoms with Gasteiger partial charge in [-0.15, -0.1) is 0 Å². The molecule has 2 N–H and O–H groups in total. The van der Waals surface area contributed by atoms with Crippen LogP contribution in [-0.4, -0.2) is 69.7 Å². The minimum absolute atomic E-state index is 0.0142. The number of carbonyl (C=O) groups is 2. The van der Waals surface area contributed by atoms with E-state index in [1.807, 2.05) is 32.6 Å². The molecule has 2 aliphatic rings. The first-order chi connectivity index (χ1) is 11.1. The first-order valence-corrected chi connectivity index (χ1v) is 8.40. The van der Waals surface area contributed by atoms with Crippen LogP contribution in [0.2, 0.25) is 0 Å². The number of H-pyrrole nitrogens is 1. The number of nitrogens with one attached hydrogen (secondary N) is 1. The zero-order chi connectivity index (χ0) is 17.7.